The minimum Gasteiger partial charge on any atom is -0.506 e. The Morgan fingerprint density at radius 1 is 0.875 bits per heavy atom. The Morgan fingerprint density at radius 3 is 1.62 bits per heavy atom. The van der Waals surface area contributed by atoms with Crippen molar-refractivity contribution in [2.24, 2.45) is 0 Å². The Balaban J connectivity index is 3.41. The van der Waals surface area contributed by atoms with Crippen LogP contribution in [0.2, 0.25) is 0 Å². The number of phenols is 1. The average molecular weight is 262 g/mol. The maximum atomic E-state index is 12.2. The molecule has 1 aromatic rings. The van der Waals surface area contributed by atoms with Crippen LogP contribution in [0.25, 0.3) is 0 Å². The molecule has 0 heterocycles. The molecule has 16 heavy (non-hydrogen) atoms. The zero-order chi connectivity index (χ0) is 12.7. The van der Waals surface area contributed by atoms with Gasteiger partial charge in [0, 0.05) is 0 Å². The zero-order valence-electron chi connectivity index (χ0n) is 7.32. The summed E-state index contributed by atoms with van der Waals surface area (Å²) < 4.78 is 73.2. The van der Waals surface area contributed by atoms with Crippen molar-refractivity contribution in [2.45, 2.75) is 17.2 Å². The second kappa shape index (κ2) is 3.76. The summed E-state index contributed by atoms with van der Waals surface area (Å²) in [6.45, 7) is 0. The van der Waals surface area contributed by atoms with E-state index in [1.807, 2.05) is 0 Å². The van der Waals surface area contributed by atoms with E-state index in [1.165, 1.54) is 0 Å². The van der Waals surface area contributed by atoms with Crippen LogP contribution in [-0.2, 0) is 12.4 Å². The van der Waals surface area contributed by atoms with E-state index in [0.29, 0.717) is 0 Å². The highest BCUT2D eigenvalue weighted by Crippen LogP contribution is 2.44. The van der Waals surface area contributed by atoms with Gasteiger partial charge in [0.1, 0.15) is 5.75 Å². The Bertz CT molecular complexity index is 369. The average Bonchev–Trinajstić information content (AvgIpc) is 2.05. The molecule has 0 aliphatic heterocycles. The Hall–Kier alpha value is -1.05. The number of hydrogen-bond donors (Lipinski definition) is 2. The summed E-state index contributed by atoms with van der Waals surface area (Å²) in [5.74, 6) is -1.52. The highest BCUT2D eigenvalue weighted by Gasteiger charge is 2.39. The molecule has 1 nitrogen and oxygen atoms in total. The van der Waals surface area contributed by atoms with Gasteiger partial charge in [0.25, 0.3) is 0 Å². The molecule has 0 amide bonds. The first-order valence-electron chi connectivity index (χ1n) is 3.74. The predicted octanol–water partition coefficient (Wildman–Crippen LogP) is 3.72. The molecular weight excluding hydrogens is 258 g/mol. The summed E-state index contributed by atoms with van der Waals surface area (Å²) in [4.78, 5) is -1.14. The second-order valence-corrected chi connectivity index (χ2v) is 3.30. The van der Waals surface area contributed by atoms with E-state index in [-0.39, 0.29) is 12.1 Å². The van der Waals surface area contributed by atoms with Crippen LogP contribution in [0.5, 0.6) is 5.75 Å². The first-order valence-corrected chi connectivity index (χ1v) is 4.19. The number of aromatic hydroxyl groups is 1. The van der Waals surface area contributed by atoms with Crippen LogP contribution in [0, 0.1) is 0 Å². The number of halogens is 6. The lowest BCUT2D eigenvalue weighted by Gasteiger charge is -2.15. The number of thiol groups is 1. The third-order valence-electron chi connectivity index (χ3n) is 1.76. The lowest BCUT2D eigenvalue weighted by Crippen LogP contribution is -2.10. The van der Waals surface area contributed by atoms with E-state index in [9.17, 15) is 26.3 Å². The molecule has 8 heteroatoms. The van der Waals surface area contributed by atoms with Crippen LogP contribution >= 0.6 is 12.6 Å². The Kier molecular flexibility index (Phi) is 3.06. The van der Waals surface area contributed by atoms with E-state index in [1.54, 1.807) is 0 Å². The van der Waals surface area contributed by atoms with Crippen molar-refractivity contribution >= 4 is 12.6 Å². The molecule has 1 aromatic carbocycles. The van der Waals surface area contributed by atoms with Crippen molar-refractivity contribution in [3.05, 3.63) is 23.3 Å². The van der Waals surface area contributed by atoms with Crippen LogP contribution in [0.15, 0.2) is 17.0 Å². The monoisotopic (exact) mass is 262 g/mol. The molecule has 0 aromatic heterocycles. The molecule has 0 saturated carbocycles. The first kappa shape index (κ1) is 13.0. The van der Waals surface area contributed by atoms with Gasteiger partial charge in [-0.05, 0) is 12.1 Å². The van der Waals surface area contributed by atoms with E-state index in [2.05, 4.69) is 12.6 Å². The SMILES string of the molecule is Oc1c(C(F)(F)F)ccc(C(F)(F)F)c1S. The summed E-state index contributed by atoms with van der Waals surface area (Å²) >= 11 is 3.24. The normalized spacial score (nSPS) is 12.9. The third kappa shape index (κ3) is 2.37. The summed E-state index contributed by atoms with van der Waals surface area (Å²) in [7, 11) is 0. The van der Waals surface area contributed by atoms with Gasteiger partial charge < -0.3 is 5.11 Å². The van der Waals surface area contributed by atoms with Gasteiger partial charge in [0.2, 0.25) is 0 Å². The van der Waals surface area contributed by atoms with Gasteiger partial charge in [0.05, 0.1) is 16.0 Å². The van der Waals surface area contributed by atoms with Crippen molar-refractivity contribution in [3.8, 4) is 5.75 Å². The fourth-order valence-electron chi connectivity index (χ4n) is 1.04. The number of rotatable bonds is 0. The van der Waals surface area contributed by atoms with E-state index in [4.69, 9.17) is 5.11 Å². The van der Waals surface area contributed by atoms with Crippen molar-refractivity contribution in [2.75, 3.05) is 0 Å². The van der Waals surface area contributed by atoms with Gasteiger partial charge in [-0.1, -0.05) is 0 Å². The van der Waals surface area contributed by atoms with Gasteiger partial charge >= 0.3 is 12.4 Å². The van der Waals surface area contributed by atoms with Gasteiger partial charge in [-0.2, -0.15) is 26.3 Å². The number of alkyl halides is 6. The van der Waals surface area contributed by atoms with Gasteiger partial charge in [-0.25, -0.2) is 0 Å². The minimum absolute atomic E-state index is 0.165. The smallest absolute Gasteiger partial charge is 0.419 e. The summed E-state index contributed by atoms with van der Waals surface area (Å²) in [6.07, 6.45) is -9.79. The number of phenolic OH excluding ortho intramolecular Hbond substituents is 1. The number of benzene rings is 1. The topological polar surface area (TPSA) is 20.2 Å². The quantitative estimate of drug-likeness (QED) is 0.539. The third-order valence-corrected chi connectivity index (χ3v) is 2.21. The van der Waals surface area contributed by atoms with E-state index in [0.717, 1.165) is 0 Å². The molecule has 0 bridgehead atoms. The van der Waals surface area contributed by atoms with Crippen LogP contribution in [0.4, 0.5) is 26.3 Å². The van der Waals surface area contributed by atoms with Crippen LogP contribution in [0.3, 0.4) is 0 Å². The largest absolute Gasteiger partial charge is 0.506 e. The standard InChI is InChI=1S/C8H4F6OS/c9-7(10,11)3-1-2-4(8(12,13)14)6(16)5(3)15/h1-2,15-16H. The van der Waals surface area contributed by atoms with Crippen LogP contribution in [0.1, 0.15) is 11.1 Å². The highest BCUT2D eigenvalue weighted by atomic mass is 32.1. The zero-order valence-corrected chi connectivity index (χ0v) is 8.21. The molecule has 0 atom stereocenters. The summed E-state index contributed by atoms with van der Waals surface area (Å²) in [5.41, 5.74) is -2.97. The fraction of sp³-hybridized carbons (Fsp3) is 0.250. The van der Waals surface area contributed by atoms with E-state index >= 15 is 0 Å². The van der Waals surface area contributed by atoms with Crippen LogP contribution in [-0.4, -0.2) is 5.11 Å². The molecule has 0 saturated heterocycles. The van der Waals surface area contributed by atoms with Crippen molar-refractivity contribution in [3.63, 3.8) is 0 Å². The van der Waals surface area contributed by atoms with Crippen molar-refractivity contribution in [1.29, 1.82) is 0 Å². The van der Waals surface area contributed by atoms with E-state index < -0.39 is 34.1 Å². The van der Waals surface area contributed by atoms with Gasteiger partial charge in [-0.3, -0.25) is 0 Å². The molecule has 0 aliphatic rings. The highest BCUT2D eigenvalue weighted by molar-refractivity contribution is 7.80. The summed E-state index contributed by atoms with van der Waals surface area (Å²) in [5, 5.41) is 8.98. The number of hydrogen-bond acceptors (Lipinski definition) is 2. The molecule has 1 rings (SSSR count). The minimum atomic E-state index is -4.92. The van der Waals surface area contributed by atoms with Crippen molar-refractivity contribution in [1.82, 2.24) is 0 Å². The maximum absolute atomic E-state index is 12.2. The Morgan fingerprint density at radius 2 is 1.25 bits per heavy atom. The van der Waals surface area contributed by atoms with Crippen LogP contribution < -0.4 is 0 Å². The van der Waals surface area contributed by atoms with Gasteiger partial charge in [0.15, 0.2) is 0 Å². The second-order valence-electron chi connectivity index (χ2n) is 2.85. The molecule has 0 fully saturated rings. The Labute approximate surface area is 91.1 Å². The fourth-order valence-corrected chi connectivity index (χ4v) is 1.36. The molecule has 0 aliphatic carbocycles. The lowest BCUT2D eigenvalue weighted by atomic mass is 10.1. The molecule has 0 unspecified atom stereocenters. The van der Waals surface area contributed by atoms with Crippen molar-refractivity contribution < 1.29 is 31.4 Å². The molecular formula is C8H4F6OS. The predicted molar refractivity (Wildman–Crippen MR) is 45.4 cm³/mol. The van der Waals surface area contributed by atoms with Gasteiger partial charge in [-0.15, -0.1) is 12.6 Å². The molecule has 90 valence electrons. The summed E-state index contributed by atoms with van der Waals surface area (Å²) in [6, 6.07) is 0.392. The molecule has 0 radical (unpaired) electrons. The lowest BCUT2D eigenvalue weighted by molar-refractivity contribution is -0.144. The molecule has 0 spiro atoms. The maximum Gasteiger partial charge on any atom is 0.419 e. The molecule has 1 N–H and O–H groups in total. The first-order chi connectivity index (χ1) is 7.05.